The molecule has 0 unspecified atom stereocenters. The number of rotatable bonds is 9. The third-order valence-electron chi connectivity index (χ3n) is 8.07. The Morgan fingerprint density at radius 1 is 1.04 bits per heavy atom. The fraction of sp³-hybridized carbons (Fsp3) is 0.179. The molecule has 1 aliphatic rings. The summed E-state index contributed by atoms with van der Waals surface area (Å²) in [6.45, 7) is 6.32. The highest BCUT2D eigenvalue weighted by atomic mass is 35.5. The van der Waals surface area contributed by atoms with Gasteiger partial charge < -0.3 is 9.47 Å². The van der Waals surface area contributed by atoms with Crippen molar-refractivity contribution >= 4 is 40.7 Å². The van der Waals surface area contributed by atoms with Crippen molar-refractivity contribution in [3.05, 3.63) is 161 Å². The number of nitrogens with zero attached hydrogens (tertiary/aromatic N) is 3. The Bertz CT molecular complexity index is 2250. The van der Waals surface area contributed by atoms with Crippen molar-refractivity contribution < 1.29 is 14.3 Å². The Labute approximate surface area is 287 Å². The molecule has 1 aliphatic heterocycles. The Balaban J connectivity index is 1.54. The van der Waals surface area contributed by atoms with E-state index in [9.17, 15) is 14.9 Å². The summed E-state index contributed by atoms with van der Waals surface area (Å²) in [5, 5.41) is 9.99. The molecule has 0 radical (unpaired) electrons. The van der Waals surface area contributed by atoms with E-state index in [1.165, 1.54) is 11.3 Å². The molecule has 2 heterocycles. The number of fused-ring (bicyclic) bond motifs is 1. The van der Waals surface area contributed by atoms with E-state index in [2.05, 4.69) is 19.9 Å². The molecule has 0 amide bonds. The topological polar surface area (TPSA) is 93.7 Å². The lowest BCUT2D eigenvalue weighted by molar-refractivity contribution is -0.138. The third kappa shape index (κ3) is 6.61. The van der Waals surface area contributed by atoms with E-state index in [-0.39, 0.29) is 18.8 Å². The van der Waals surface area contributed by atoms with Crippen LogP contribution in [-0.2, 0) is 16.1 Å². The first kappa shape index (κ1) is 32.7. The SMILES string of the molecule is CCOC(=O)C1=C(c2ccccc2)N=c2s/c(=C\c3cc(Cl)ccc3OCc3ccccc3C#N)c(=O)n2[C@H]1c1ccc(C(C)C)cc1. The lowest BCUT2D eigenvalue weighted by atomic mass is 9.91. The van der Waals surface area contributed by atoms with Crippen molar-refractivity contribution in [2.24, 2.45) is 4.99 Å². The predicted molar refractivity (Wildman–Crippen MR) is 189 cm³/mol. The zero-order valence-corrected chi connectivity index (χ0v) is 28.2. The van der Waals surface area contributed by atoms with Crippen LogP contribution in [0.4, 0.5) is 0 Å². The van der Waals surface area contributed by atoms with Crippen LogP contribution < -0.4 is 19.6 Å². The normalized spacial score (nSPS) is 14.3. The molecular formula is C39H32ClN3O4S. The van der Waals surface area contributed by atoms with Gasteiger partial charge in [-0.05, 0) is 54.3 Å². The molecule has 4 aromatic carbocycles. The second kappa shape index (κ2) is 14.3. The predicted octanol–water partition coefficient (Wildman–Crippen LogP) is 7.16. The smallest absolute Gasteiger partial charge is 0.338 e. The fourth-order valence-electron chi connectivity index (χ4n) is 5.63. The molecule has 1 aromatic heterocycles. The van der Waals surface area contributed by atoms with Crippen molar-refractivity contribution in [3.8, 4) is 11.8 Å². The number of hydrogen-bond acceptors (Lipinski definition) is 7. The van der Waals surface area contributed by atoms with Gasteiger partial charge in [-0.2, -0.15) is 5.26 Å². The van der Waals surface area contributed by atoms with Gasteiger partial charge in [-0.1, -0.05) is 110 Å². The monoisotopic (exact) mass is 673 g/mol. The molecule has 6 rings (SSSR count). The molecule has 9 heteroatoms. The van der Waals surface area contributed by atoms with Crippen molar-refractivity contribution in [3.63, 3.8) is 0 Å². The minimum atomic E-state index is -0.781. The summed E-state index contributed by atoms with van der Waals surface area (Å²) in [5.74, 6) is 0.273. The number of carbonyl (C=O) groups is 1. The zero-order chi connectivity index (χ0) is 33.8. The second-order valence-corrected chi connectivity index (χ2v) is 12.9. The van der Waals surface area contributed by atoms with Crippen molar-refractivity contribution in [2.75, 3.05) is 6.61 Å². The minimum absolute atomic E-state index is 0.156. The van der Waals surface area contributed by atoms with Crippen LogP contribution in [0, 0.1) is 11.3 Å². The summed E-state index contributed by atoms with van der Waals surface area (Å²) in [5.41, 5.74) is 4.94. The van der Waals surface area contributed by atoms with E-state index in [4.69, 9.17) is 26.1 Å². The maximum Gasteiger partial charge on any atom is 0.338 e. The third-order valence-corrected chi connectivity index (χ3v) is 9.29. The standard InChI is InChI=1S/C39H32ClN3O4S/c1-4-46-38(45)34-35(26-10-6-5-7-11-26)42-39-43(36(34)27-16-14-25(15-17-27)24(2)3)37(44)33(48-39)21-30-20-31(40)18-19-32(30)47-23-29-13-9-8-12-28(29)22-41/h5-21,24,36H,4,23H2,1-3H3/b33-21-/t36-/m0/s1. The maximum atomic E-state index is 14.4. The minimum Gasteiger partial charge on any atom is -0.488 e. The summed E-state index contributed by atoms with van der Waals surface area (Å²) in [7, 11) is 0. The molecule has 0 saturated carbocycles. The molecule has 0 bridgehead atoms. The molecule has 0 spiro atoms. The lowest BCUT2D eigenvalue weighted by Crippen LogP contribution is -2.40. The van der Waals surface area contributed by atoms with Gasteiger partial charge in [0.1, 0.15) is 12.4 Å². The number of hydrogen-bond donors (Lipinski definition) is 0. The maximum absolute atomic E-state index is 14.4. The number of thiazole rings is 1. The molecule has 1 atom stereocenters. The van der Waals surface area contributed by atoms with Crippen LogP contribution in [0.15, 0.2) is 112 Å². The van der Waals surface area contributed by atoms with E-state index >= 15 is 0 Å². The Kier molecular flexibility index (Phi) is 9.72. The first-order valence-electron chi connectivity index (χ1n) is 15.6. The number of ether oxygens (including phenoxy) is 2. The summed E-state index contributed by atoms with van der Waals surface area (Å²) >= 11 is 7.65. The quantitative estimate of drug-likeness (QED) is 0.155. The van der Waals surface area contributed by atoms with E-state index in [1.807, 2.05) is 66.7 Å². The van der Waals surface area contributed by atoms with E-state index in [0.29, 0.717) is 48.4 Å². The van der Waals surface area contributed by atoms with Crippen LogP contribution in [0.3, 0.4) is 0 Å². The number of esters is 1. The van der Waals surface area contributed by atoms with Crippen molar-refractivity contribution in [1.82, 2.24) is 4.57 Å². The van der Waals surface area contributed by atoms with Crippen LogP contribution in [0.1, 0.15) is 66.1 Å². The molecule has 240 valence electrons. The Morgan fingerprint density at radius 2 is 1.77 bits per heavy atom. The largest absolute Gasteiger partial charge is 0.488 e. The molecular weight excluding hydrogens is 642 g/mol. The average Bonchev–Trinajstić information content (AvgIpc) is 3.41. The molecule has 0 fully saturated rings. The highest BCUT2D eigenvalue weighted by molar-refractivity contribution is 7.07. The van der Waals surface area contributed by atoms with Gasteiger partial charge in [-0.15, -0.1) is 0 Å². The lowest BCUT2D eigenvalue weighted by Gasteiger charge is -2.26. The summed E-state index contributed by atoms with van der Waals surface area (Å²) in [6.07, 6.45) is 1.73. The number of benzene rings is 4. The molecule has 0 aliphatic carbocycles. The molecule has 48 heavy (non-hydrogen) atoms. The Morgan fingerprint density at radius 3 is 2.48 bits per heavy atom. The van der Waals surface area contributed by atoms with Crippen LogP contribution in [0.25, 0.3) is 11.8 Å². The van der Waals surface area contributed by atoms with Gasteiger partial charge in [0, 0.05) is 21.7 Å². The average molecular weight is 674 g/mol. The summed E-state index contributed by atoms with van der Waals surface area (Å²) < 4.78 is 13.7. The van der Waals surface area contributed by atoms with E-state index < -0.39 is 12.0 Å². The first-order chi connectivity index (χ1) is 23.3. The zero-order valence-electron chi connectivity index (χ0n) is 26.6. The summed E-state index contributed by atoms with van der Waals surface area (Å²) in [6, 6.07) is 31.3. The van der Waals surface area contributed by atoms with Gasteiger partial charge in [0.2, 0.25) is 0 Å². The van der Waals surface area contributed by atoms with Gasteiger partial charge in [0.25, 0.3) is 5.56 Å². The summed E-state index contributed by atoms with van der Waals surface area (Å²) in [4.78, 5) is 33.5. The number of aromatic nitrogens is 1. The van der Waals surface area contributed by atoms with Gasteiger partial charge >= 0.3 is 5.97 Å². The van der Waals surface area contributed by atoms with Gasteiger partial charge in [0.05, 0.1) is 40.1 Å². The van der Waals surface area contributed by atoms with E-state index in [1.54, 1.807) is 47.9 Å². The molecule has 7 nitrogen and oxygen atoms in total. The molecule has 5 aromatic rings. The van der Waals surface area contributed by atoms with Crippen LogP contribution in [0.5, 0.6) is 5.75 Å². The van der Waals surface area contributed by atoms with E-state index in [0.717, 1.165) is 22.3 Å². The Hall–Kier alpha value is -5.23. The number of halogens is 1. The van der Waals surface area contributed by atoms with Gasteiger partial charge in [-0.3, -0.25) is 9.36 Å². The number of carbonyl (C=O) groups excluding carboxylic acids is 1. The van der Waals surface area contributed by atoms with Crippen LogP contribution in [-0.4, -0.2) is 17.1 Å². The van der Waals surface area contributed by atoms with Crippen molar-refractivity contribution in [1.29, 1.82) is 5.26 Å². The second-order valence-electron chi connectivity index (χ2n) is 11.5. The molecule has 0 saturated heterocycles. The van der Waals surface area contributed by atoms with Gasteiger partial charge in [-0.25, -0.2) is 9.79 Å². The van der Waals surface area contributed by atoms with Crippen LogP contribution in [0.2, 0.25) is 5.02 Å². The fourth-order valence-corrected chi connectivity index (χ4v) is 6.81. The first-order valence-corrected chi connectivity index (χ1v) is 16.8. The van der Waals surface area contributed by atoms with Crippen molar-refractivity contribution in [2.45, 2.75) is 39.3 Å². The van der Waals surface area contributed by atoms with Gasteiger partial charge in [0.15, 0.2) is 4.80 Å². The molecule has 0 N–H and O–H groups in total. The highest BCUT2D eigenvalue weighted by Crippen LogP contribution is 2.36. The number of nitriles is 1. The highest BCUT2D eigenvalue weighted by Gasteiger charge is 2.35. The van der Waals surface area contributed by atoms with Crippen LogP contribution >= 0.6 is 22.9 Å².